The third-order valence-corrected chi connectivity index (χ3v) is 10.6. The summed E-state index contributed by atoms with van der Waals surface area (Å²) in [7, 11) is -2.04. The summed E-state index contributed by atoms with van der Waals surface area (Å²) >= 11 is 6.13. The van der Waals surface area contributed by atoms with Gasteiger partial charge in [0.1, 0.15) is 11.6 Å². The van der Waals surface area contributed by atoms with E-state index < -0.39 is 39.5 Å². The number of carbonyl (C=O) groups excluding carboxylic acids is 1. The summed E-state index contributed by atoms with van der Waals surface area (Å²) in [5.74, 6) is -1.89. The summed E-state index contributed by atoms with van der Waals surface area (Å²) in [5, 5.41) is 9.79. The molecule has 3 atom stereocenters. The van der Waals surface area contributed by atoms with Crippen molar-refractivity contribution < 1.29 is 22.0 Å². The van der Waals surface area contributed by atoms with Gasteiger partial charge in [-0.05, 0) is 86.0 Å². The average molecular weight is 667 g/mol. The molecule has 11 heteroatoms. The van der Waals surface area contributed by atoms with E-state index in [1.54, 1.807) is 79.8 Å². The Bertz CT molecular complexity index is 1740. The van der Waals surface area contributed by atoms with Crippen molar-refractivity contribution in [2.45, 2.75) is 42.2 Å². The molecule has 5 rings (SSSR count). The van der Waals surface area contributed by atoms with Crippen LogP contribution in [0.4, 0.5) is 14.5 Å². The lowest BCUT2D eigenvalue weighted by Gasteiger charge is -2.35. The van der Waals surface area contributed by atoms with Gasteiger partial charge in [0.25, 0.3) is 0 Å². The zero-order chi connectivity index (χ0) is 32.7. The molecule has 3 N–H and O–H groups in total. The van der Waals surface area contributed by atoms with Gasteiger partial charge < -0.3 is 16.0 Å². The molecule has 1 amide bonds. The van der Waals surface area contributed by atoms with Gasteiger partial charge in [-0.15, -0.1) is 0 Å². The smallest absolute Gasteiger partial charge is 0.243 e. The molecule has 0 saturated carbocycles. The van der Waals surface area contributed by atoms with Crippen LogP contribution in [-0.4, -0.2) is 57.4 Å². The van der Waals surface area contributed by atoms with E-state index in [0.29, 0.717) is 54.3 Å². The van der Waals surface area contributed by atoms with Gasteiger partial charge in [-0.25, -0.2) is 17.2 Å². The van der Waals surface area contributed by atoms with E-state index in [9.17, 15) is 17.6 Å². The number of halogens is 3. The number of rotatable bonds is 12. The summed E-state index contributed by atoms with van der Waals surface area (Å²) in [4.78, 5) is 14.1. The first-order valence-electron chi connectivity index (χ1n) is 15.2. The first-order chi connectivity index (χ1) is 22.2. The Balaban J connectivity index is 1.34. The van der Waals surface area contributed by atoms with Crippen LogP contribution in [0.3, 0.4) is 0 Å². The van der Waals surface area contributed by atoms with Crippen molar-refractivity contribution in [2.75, 3.05) is 32.0 Å². The maximum atomic E-state index is 15.3. The summed E-state index contributed by atoms with van der Waals surface area (Å²) in [6.07, 6.45) is 1.27. The summed E-state index contributed by atoms with van der Waals surface area (Å²) in [5.41, 5.74) is 2.00. The molecule has 1 saturated heterocycles. The Labute approximate surface area is 274 Å². The van der Waals surface area contributed by atoms with Gasteiger partial charge in [0.2, 0.25) is 15.9 Å². The Morgan fingerprint density at radius 2 is 1.72 bits per heavy atom. The minimum absolute atomic E-state index is 0.246. The SMILES string of the molecule is CNC(C(=O)Nc1cccc(F)c1CCC[C@H]1CNCCN1S(=O)(=O)c1ccccc1)[C@@H](c1ccc(Cl)cc1)c1cccc(F)c1. The predicted molar refractivity (Wildman–Crippen MR) is 178 cm³/mol. The molecule has 0 bridgehead atoms. The second-order valence-electron chi connectivity index (χ2n) is 11.3. The molecule has 1 aliphatic rings. The van der Waals surface area contributed by atoms with E-state index in [1.165, 1.54) is 28.6 Å². The topological polar surface area (TPSA) is 90.5 Å². The number of anilines is 1. The van der Waals surface area contributed by atoms with Crippen LogP contribution < -0.4 is 16.0 Å². The van der Waals surface area contributed by atoms with Crippen molar-refractivity contribution in [3.63, 3.8) is 0 Å². The maximum absolute atomic E-state index is 15.3. The van der Waals surface area contributed by atoms with Crippen molar-refractivity contribution in [1.29, 1.82) is 0 Å². The molecular formula is C35H37ClF2N4O3S. The van der Waals surface area contributed by atoms with Crippen LogP contribution in [0.5, 0.6) is 0 Å². The Morgan fingerprint density at radius 3 is 2.43 bits per heavy atom. The van der Waals surface area contributed by atoms with Crippen molar-refractivity contribution in [1.82, 2.24) is 14.9 Å². The van der Waals surface area contributed by atoms with E-state index in [-0.39, 0.29) is 17.4 Å². The van der Waals surface area contributed by atoms with E-state index in [1.807, 2.05) is 0 Å². The Hall–Kier alpha value is -3.67. The van der Waals surface area contributed by atoms with Crippen LogP contribution in [0.1, 0.15) is 35.4 Å². The van der Waals surface area contributed by atoms with Crippen LogP contribution >= 0.6 is 11.6 Å². The van der Waals surface area contributed by atoms with E-state index in [2.05, 4.69) is 16.0 Å². The predicted octanol–water partition coefficient (Wildman–Crippen LogP) is 5.96. The zero-order valence-corrected chi connectivity index (χ0v) is 27.0. The highest BCUT2D eigenvalue weighted by atomic mass is 35.5. The highest BCUT2D eigenvalue weighted by Gasteiger charge is 2.34. The molecule has 0 aromatic heterocycles. The molecule has 0 aliphatic carbocycles. The first-order valence-corrected chi connectivity index (χ1v) is 17.0. The van der Waals surface area contributed by atoms with Gasteiger partial charge in [-0.1, -0.05) is 60.1 Å². The molecule has 1 fully saturated rings. The van der Waals surface area contributed by atoms with Crippen LogP contribution in [0.2, 0.25) is 5.02 Å². The normalized spacial score (nSPS) is 16.9. The quantitative estimate of drug-likeness (QED) is 0.174. The number of nitrogens with zero attached hydrogens (tertiary/aromatic N) is 1. The molecule has 0 radical (unpaired) electrons. The van der Waals surface area contributed by atoms with Gasteiger partial charge >= 0.3 is 0 Å². The third kappa shape index (κ3) is 7.82. The van der Waals surface area contributed by atoms with Crippen molar-refractivity contribution in [3.8, 4) is 0 Å². The number of hydrogen-bond donors (Lipinski definition) is 3. The fourth-order valence-corrected chi connectivity index (χ4v) is 7.89. The standard InChI is InChI=1S/C35H37ClF2N4O3S/c1-39-34(33(24-16-18-26(36)19-17-24)25-8-5-9-27(37)22-25)35(43)41-32-15-7-14-31(38)30(32)13-6-10-28-23-40-20-21-42(28)46(44,45)29-11-3-2-4-12-29/h2-5,7-9,11-12,14-19,22,28,33-34,39-40H,6,10,13,20-21,23H2,1H3,(H,41,43)/t28-,33-,34?/m0/s1. The number of benzene rings is 4. The lowest BCUT2D eigenvalue weighted by molar-refractivity contribution is -0.118. The highest BCUT2D eigenvalue weighted by molar-refractivity contribution is 7.89. The lowest BCUT2D eigenvalue weighted by atomic mass is 9.84. The molecule has 1 aliphatic heterocycles. The fourth-order valence-electron chi connectivity index (χ4n) is 6.08. The molecule has 1 heterocycles. The Morgan fingerprint density at radius 1 is 0.978 bits per heavy atom. The monoisotopic (exact) mass is 666 g/mol. The van der Waals surface area contributed by atoms with E-state index in [4.69, 9.17) is 11.6 Å². The molecule has 4 aromatic rings. The summed E-state index contributed by atoms with van der Waals surface area (Å²) < 4.78 is 57.9. The third-order valence-electron chi connectivity index (χ3n) is 8.35. The number of nitrogens with one attached hydrogen (secondary N) is 3. The van der Waals surface area contributed by atoms with Crippen molar-refractivity contribution >= 4 is 33.2 Å². The molecule has 4 aromatic carbocycles. The molecule has 0 spiro atoms. The van der Waals surface area contributed by atoms with Crippen LogP contribution in [0.15, 0.2) is 102 Å². The van der Waals surface area contributed by atoms with Crippen molar-refractivity contribution in [2.24, 2.45) is 0 Å². The van der Waals surface area contributed by atoms with E-state index in [0.717, 1.165) is 5.56 Å². The zero-order valence-electron chi connectivity index (χ0n) is 25.4. The van der Waals surface area contributed by atoms with Gasteiger partial charge in [0, 0.05) is 47.9 Å². The number of hydrogen-bond acceptors (Lipinski definition) is 5. The molecule has 1 unspecified atom stereocenters. The van der Waals surface area contributed by atoms with Crippen LogP contribution in [0.25, 0.3) is 0 Å². The van der Waals surface area contributed by atoms with Gasteiger partial charge in [-0.2, -0.15) is 4.31 Å². The average Bonchev–Trinajstić information content (AvgIpc) is 3.06. The first kappa shape index (κ1) is 33.7. The van der Waals surface area contributed by atoms with Crippen molar-refractivity contribution in [3.05, 3.63) is 130 Å². The number of carbonyl (C=O) groups is 1. The van der Waals surface area contributed by atoms with Gasteiger partial charge in [-0.3, -0.25) is 4.79 Å². The molecule has 7 nitrogen and oxygen atoms in total. The van der Waals surface area contributed by atoms with Gasteiger partial charge in [0.05, 0.1) is 10.9 Å². The fraction of sp³-hybridized carbons (Fsp3) is 0.286. The molecule has 46 heavy (non-hydrogen) atoms. The number of piperazine rings is 1. The largest absolute Gasteiger partial charge is 0.324 e. The number of likely N-dealkylation sites (N-methyl/N-ethyl adjacent to an activating group) is 1. The molecule has 242 valence electrons. The summed E-state index contributed by atoms with van der Waals surface area (Å²) in [6.45, 7) is 1.38. The van der Waals surface area contributed by atoms with Crippen LogP contribution in [0, 0.1) is 11.6 Å². The van der Waals surface area contributed by atoms with E-state index >= 15 is 4.39 Å². The summed E-state index contributed by atoms with van der Waals surface area (Å²) in [6, 6.07) is 24.9. The molecular weight excluding hydrogens is 630 g/mol. The lowest BCUT2D eigenvalue weighted by Crippen LogP contribution is -2.53. The number of amides is 1. The minimum atomic E-state index is -3.69. The highest BCUT2D eigenvalue weighted by Crippen LogP contribution is 2.31. The van der Waals surface area contributed by atoms with Gasteiger partial charge in [0.15, 0.2) is 0 Å². The number of sulfonamides is 1. The Kier molecular flexibility index (Phi) is 11.2. The second-order valence-corrected chi connectivity index (χ2v) is 13.6. The second kappa shape index (κ2) is 15.3. The maximum Gasteiger partial charge on any atom is 0.243 e. The minimum Gasteiger partial charge on any atom is -0.324 e. The van der Waals surface area contributed by atoms with Crippen LogP contribution in [-0.2, 0) is 21.2 Å².